The zero-order valence-electron chi connectivity index (χ0n) is 16.3. The summed E-state index contributed by atoms with van der Waals surface area (Å²) in [6.07, 6.45) is 1.79. The molecule has 1 aromatic rings. The Morgan fingerprint density at radius 3 is 2.79 bits per heavy atom. The summed E-state index contributed by atoms with van der Waals surface area (Å²) >= 11 is 1.64. The van der Waals surface area contributed by atoms with Crippen molar-refractivity contribution < 1.29 is 18.7 Å². The molecule has 8 heteroatoms. The van der Waals surface area contributed by atoms with E-state index in [2.05, 4.69) is 22.9 Å². The highest BCUT2D eigenvalue weighted by atomic mass is 32.2. The zero-order valence-corrected chi connectivity index (χ0v) is 17.1. The number of nitrogens with one attached hydrogen (secondary N) is 3. The first-order chi connectivity index (χ1) is 13.5. The van der Waals surface area contributed by atoms with Crippen molar-refractivity contribution in [2.45, 2.75) is 44.3 Å². The van der Waals surface area contributed by atoms with Crippen LogP contribution in [0.25, 0.3) is 0 Å². The van der Waals surface area contributed by atoms with E-state index < -0.39 is 23.6 Å². The lowest BCUT2D eigenvalue weighted by molar-refractivity contribution is -0.137. The average molecular weight is 408 g/mol. The molecule has 0 aromatic heterocycles. The minimum atomic E-state index is -0.609. The Hall–Kier alpha value is -2.06. The third-order valence-corrected chi connectivity index (χ3v) is 6.22. The van der Waals surface area contributed by atoms with Crippen LogP contribution in [0, 0.1) is 11.7 Å². The Bertz CT molecular complexity index is 786. The van der Waals surface area contributed by atoms with Crippen LogP contribution < -0.4 is 16.0 Å². The van der Waals surface area contributed by atoms with Gasteiger partial charge in [-0.2, -0.15) is 0 Å². The number of unbranched alkanes of at least 4 members (excludes halogenated alkanes) is 1. The van der Waals surface area contributed by atoms with E-state index in [1.165, 1.54) is 19.2 Å². The van der Waals surface area contributed by atoms with Gasteiger partial charge in [-0.3, -0.25) is 10.1 Å². The van der Waals surface area contributed by atoms with Crippen LogP contribution in [0.1, 0.15) is 38.2 Å². The molecule has 1 saturated heterocycles. The van der Waals surface area contributed by atoms with Gasteiger partial charge < -0.3 is 15.4 Å². The Labute approximate surface area is 168 Å². The number of fused-ring (bicyclic) bond motifs is 1. The van der Waals surface area contributed by atoms with Crippen LogP contribution in [0.2, 0.25) is 0 Å². The number of rotatable bonds is 6. The van der Waals surface area contributed by atoms with E-state index in [0.29, 0.717) is 16.8 Å². The molecule has 2 aliphatic rings. The van der Waals surface area contributed by atoms with Gasteiger partial charge in [0.05, 0.1) is 24.8 Å². The summed E-state index contributed by atoms with van der Waals surface area (Å²) in [4.78, 5) is 25.5. The van der Waals surface area contributed by atoms with Crippen LogP contribution in [0.4, 0.5) is 4.39 Å². The molecule has 3 N–H and O–H groups in total. The van der Waals surface area contributed by atoms with Crippen molar-refractivity contribution in [2.75, 3.05) is 12.9 Å². The number of carbonyl (C=O) groups excluding carboxylic acids is 2. The van der Waals surface area contributed by atoms with Crippen LogP contribution >= 0.6 is 11.8 Å². The maximum atomic E-state index is 13.9. The van der Waals surface area contributed by atoms with E-state index in [9.17, 15) is 14.0 Å². The van der Waals surface area contributed by atoms with Gasteiger partial charge in [0.1, 0.15) is 11.3 Å². The molecule has 0 bridgehead atoms. The van der Waals surface area contributed by atoms with Crippen molar-refractivity contribution in [1.82, 2.24) is 16.0 Å². The summed E-state index contributed by atoms with van der Waals surface area (Å²) in [6, 6.07) is 6.04. The second-order valence-electron chi connectivity index (χ2n) is 6.99. The van der Waals surface area contributed by atoms with E-state index in [4.69, 9.17) is 4.74 Å². The molecule has 1 aromatic carbocycles. The van der Waals surface area contributed by atoms with Crippen molar-refractivity contribution in [3.8, 4) is 0 Å². The first-order valence-corrected chi connectivity index (χ1v) is 10.5. The van der Waals surface area contributed by atoms with Gasteiger partial charge in [-0.25, -0.2) is 9.18 Å². The van der Waals surface area contributed by atoms with Crippen molar-refractivity contribution in [3.05, 3.63) is 46.9 Å². The average Bonchev–Trinajstić information content (AvgIpc) is 2.66. The number of hydrogen-bond acceptors (Lipinski definition) is 6. The predicted molar refractivity (Wildman–Crippen MR) is 107 cm³/mol. The maximum absolute atomic E-state index is 13.9. The van der Waals surface area contributed by atoms with Gasteiger partial charge in [-0.1, -0.05) is 25.5 Å². The third kappa shape index (κ3) is 4.17. The maximum Gasteiger partial charge on any atom is 0.336 e. The van der Waals surface area contributed by atoms with Crippen LogP contribution in [0.3, 0.4) is 0 Å². The summed E-state index contributed by atoms with van der Waals surface area (Å²) in [6.45, 7) is 3.90. The van der Waals surface area contributed by atoms with Gasteiger partial charge in [0, 0.05) is 11.6 Å². The normalized spacial score (nSPS) is 26.9. The number of benzene rings is 1. The number of carbonyl (C=O) groups is 2. The van der Waals surface area contributed by atoms with Gasteiger partial charge >= 0.3 is 5.97 Å². The standard InChI is InChI=1S/C20H26FN3O3S/c1-4-5-9-28-20-23-17-16(18(25)24-20)15(12-7-6-8-13(21)10-12)14(11(2)22-17)19(26)27-3/h6-8,10,15-17,20,22-23H,4-5,9H2,1-3H3,(H,24,25). The van der Waals surface area contributed by atoms with Gasteiger partial charge in [0.25, 0.3) is 0 Å². The summed E-state index contributed by atoms with van der Waals surface area (Å²) in [5, 5.41) is 9.64. The minimum absolute atomic E-state index is 0.173. The summed E-state index contributed by atoms with van der Waals surface area (Å²) in [5.74, 6) is -1.39. The van der Waals surface area contributed by atoms with Gasteiger partial charge in [-0.05, 0) is 36.8 Å². The van der Waals surface area contributed by atoms with Crippen LogP contribution in [-0.4, -0.2) is 36.4 Å². The molecule has 1 fully saturated rings. The molecule has 0 spiro atoms. The van der Waals surface area contributed by atoms with Crippen molar-refractivity contribution in [3.63, 3.8) is 0 Å². The number of ether oxygens (including phenoxy) is 1. The van der Waals surface area contributed by atoms with E-state index >= 15 is 0 Å². The Morgan fingerprint density at radius 1 is 1.32 bits per heavy atom. The highest BCUT2D eigenvalue weighted by Crippen LogP contribution is 2.40. The number of esters is 1. The highest BCUT2D eigenvalue weighted by Gasteiger charge is 2.48. The molecule has 2 aliphatic heterocycles. The molecule has 4 atom stereocenters. The molecule has 6 nitrogen and oxygen atoms in total. The minimum Gasteiger partial charge on any atom is -0.466 e. The molecule has 152 valence electrons. The molecule has 28 heavy (non-hydrogen) atoms. The van der Waals surface area contributed by atoms with E-state index in [1.807, 2.05) is 0 Å². The second kappa shape index (κ2) is 8.96. The SMILES string of the molecule is CCCCSC1NC(=O)C2C(NC(C)=C(C(=O)OC)C2c2cccc(F)c2)N1. The zero-order chi connectivity index (χ0) is 20.3. The number of thioether (sulfide) groups is 1. The number of methoxy groups -OCH3 is 1. The first-order valence-electron chi connectivity index (χ1n) is 9.45. The fourth-order valence-electron chi connectivity index (χ4n) is 3.78. The summed E-state index contributed by atoms with van der Waals surface area (Å²) < 4.78 is 18.9. The number of allylic oxidation sites excluding steroid dienone is 1. The van der Waals surface area contributed by atoms with Crippen molar-refractivity contribution in [2.24, 2.45) is 5.92 Å². The van der Waals surface area contributed by atoms with Crippen LogP contribution in [0.15, 0.2) is 35.5 Å². The summed E-state index contributed by atoms with van der Waals surface area (Å²) in [5.41, 5.74) is 1.34. The number of hydrogen-bond donors (Lipinski definition) is 3. The molecule has 3 rings (SSSR count). The molecule has 2 heterocycles. The monoisotopic (exact) mass is 407 g/mol. The quantitative estimate of drug-likeness (QED) is 0.497. The Morgan fingerprint density at radius 2 is 2.11 bits per heavy atom. The third-order valence-electron chi connectivity index (χ3n) is 5.11. The van der Waals surface area contributed by atoms with Gasteiger partial charge in [0.15, 0.2) is 0 Å². The fraction of sp³-hybridized carbons (Fsp3) is 0.500. The van der Waals surface area contributed by atoms with E-state index in [0.717, 1.165) is 18.6 Å². The first kappa shape index (κ1) is 20.7. The van der Waals surface area contributed by atoms with Crippen molar-refractivity contribution in [1.29, 1.82) is 0 Å². The second-order valence-corrected chi connectivity index (χ2v) is 8.20. The molecular formula is C20H26FN3O3S. The fourth-order valence-corrected chi connectivity index (χ4v) is 4.92. The lowest BCUT2D eigenvalue weighted by Gasteiger charge is -2.45. The molecule has 4 unspecified atom stereocenters. The molecular weight excluding hydrogens is 381 g/mol. The Balaban J connectivity index is 1.96. The molecule has 0 saturated carbocycles. The van der Waals surface area contributed by atoms with E-state index in [-0.39, 0.29) is 17.6 Å². The molecule has 1 amide bonds. The number of halogens is 1. The highest BCUT2D eigenvalue weighted by molar-refractivity contribution is 7.99. The topological polar surface area (TPSA) is 79.5 Å². The molecule has 0 radical (unpaired) electrons. The Kier molecular flexibility index (Phi) is 6.61. The predicted octanol–water partition coefficient (Wildman–Crippen LogP) is 2.44. The summed E-state index contributed by atoms with van der Waals surface area (Å²) in [7, 11) is 1.30. The van der Waals surface area contributed by atoms with Crippen LogP contribution in [0.5, 0.6) is 0 Å². The van der Waals surface area contributed by atoms with E-state index in [1.54, 1.807) is 30.8 Å². The lowest BCUT2D eigenvalue weighted by atomic mass is 9.74. The van der Waals surface area contributed by atoms with Gasteiger partial charge in [0.2, 0.25) is 5.91 Å². The van der Waals surface area contributed by atoms with Crippen molar-refractivity contribution >= 4 is 23.6 Å². The lowest BCUT2D eigenvalue weighted by Crippen LogP contribution is -2.67. The molecule has 0 aliphatic carbocycles. The smallest absolute Gasteiger partial charge is 0.336 e. The van der Waals surface area contributed by atoms with Crippen LogP contribution in [-0.2, 0) is 14.3 Å². The number of amides is 1. The largest absolute Gasteiger partial charge is 0.466 e. The van der Waals surface area contributed by atoms with Gasteiger partial charge in [-0.15, -0.1) is 11.8 Å².